The highest BCUT2D eigenvalue weighted by molar-refractivity contribution is 5.96. The molecule has 10 heteroatoms. The van der Waals surface area contributed by atoms with Crippen molar-refractivity contribution in [3.8, 4) is 5.75 Å². The number of carbonyl (C=O) groups is 4. The van der Waals surface area contributed by atoms with Crippen LogP contribution < -0.4 is 20.7 Å². The Bertz CT molecular complexity index is 1380. The van der Waals surface area contributed by atoms with E-state index in [9.17, 15) is 19.2 Å². The number of fused-ring (bicyclic) bond motifs is 7. The third kappa shape index (κ3) is 8.34. The summed E-state index contributed by atoms with van der Waals surface area (Å²) >= 11 is 0. The number of rotatable bonds is 10. The average molecular weight is 632 g/mol. The van der Waals surface area contributed by atoms with Gasteiger partial charge in [-0.1, -0.05) is 83.0 Å². The van der Waals surface area contributed by atoms with E-state index in [-0.39, 0.29) is 36.1 Å². The number of ether oxygens (including phenoxy) is 1. The van der Waals surface area contributed by atoms with Crippen LogP contribution >= 0.6 is 0 Å². The first-order valence-corrected chi connectivity index (χ1v) is 16.4. The molecule has 0 aliphatic carbocycles. The third-order valence-corrected chi connectivity index (χ3v) is 9.33. The smallest absolute Gasteiger partial charge is 0.247 e. The minimum absolute atomic E-state index is 0.159. The molecule has 0 radical (unpaired) electrons. The van der Waals surface area contributed by atoms with E-state index >= 15 is 0 Å². The second kappa shape index (κ2) is 15.9. The van der Waals surface area contributed by atoms with Gasteiger partial charge in [-0.05, 0) is 61.7 Å². The van der Waals surface area contributed by atoms with Gasteiger partial charge in [0.2, 0.25) is 23.6 Å². The summed E-state index contributed by atoms with van der Waals surface area (Å²) in [4.78, 5) is 59.0. The molecule has 10 nitrogen and oxygen atoms in total. The van der Waals surface area contributed by atoms with Crippen molar-refractivity contribution in [3.05, 3.63) is 71.9 Å². The first kappa shape index (κ1) is 34.7. The Kier molecular flexibility index (Phi) is 12.0. The van der Waals surface area contributed by atoms with Gasteiger partial charge in [-0.3, -0.25) is 24.1 Å². The molecule has 3 heterocycles. The van der Waals surface area contributed by atoms with Gasteiger partial charge < -0.3 is 25.6 Å². The van der Waals surface area contributed by atoms with Crippen LogP contribution in [-0.2, 0) is 25.6 Å². The minimum Gasteiger partial charge on any atom is -0.488 e. The number of likely N-dealkylation sites (tertiary alicyclic amines) is 1. The van der Waals surface area contributed by atoms with Crippen molar-refractivity contribution < 1.29 is 23.9 Å². The Morgan fingerprint density at radius 2 is 1.70 bits per heavy atom. The van der Waals surface area contributed by atoms with Gasteiger partial charge in [-0.2, -0.15) is 0 Å². The van der Waals surface area contributed by atoms with Gasteiger partial charge in [0.25, 0.3) is 0 Å². The van der Waals surface area contributed by atoms with Gasteiger partial charge >= 0.3 is 0 Å². The molecule has 248 valence electrons. The molecule has 1 saturated heterocycles. The van der Waals surface area contributed by atoms with Crippen LogP contribution in [0.5, 0.6) is 5.75 Å². The number of likely N-dealkylation sites (N-methyl/N-ethyl adjacent to an activating group) is 1. The number of nitrogens with one attached hydrogen (secondary N) is 3. The predicted molar refractivity (Wildman–Crippen MR) is 179 cm³/mol. The van der Waals surface area contributed by atoms with Crippen LogP contribution in [0.4, 0.5) is 0 Å². The molecule has 0 aromatic heterocycles. The lowest BCUT2D eigenvalue weighted by molar-refractivity contribution is -0.145. The quantitative estimate of drug-likeness (QED) is 0.370. The molecule has 5 rings (SSSR count). The van der Waals surface area contributed by atoms with Crippen LogP contribution in [0.25, 0.3) is 6.08 Å². The summed E-state index contributed by atoms with van der Waals surface area (Å²) in [7, 11) is 3.70. The fraction of sp³-hybridized carbons (Fsp3) is 0.500. The molecule has 3 N–H and O–H groups in total. The molecule has 46 heavy (non-hydrogen) atoms. The maximum Gasteiger partial charge on any atom is 0.247 e. The number of nitrogens with zero attached hydrogens (tertiary/aromatic N) is 2. The Hall–Kier alpha value is -4.18. The predicted octanol–water partition coefficient (Wildman–Crippen LogP) is 3.37. The van der Waals surface area contributed by atoms with E-state index in [1.165, 1.54) is 4.90 Å². The van der Waals surface area contributed by atoms with Gasteiger partial charge in [0.1, 0.15) is 30.0 Å². The highest BCUT2D eigenvalue weighted by Crippen LogP contribution is 2.28. The van der Waals surface area contributed by atoms with Gasteiger partial charge in [-0.15, -0.1) is 0 Å². The highest BCUT2D eigenvalue weighted by atomic mass is 16.5. The zero-order valence-electron chi connectivity index (χ0n) is 27.9. The van der Waals surface area contributed by atoms with Crippen molar-refractivity contribution in [2.75, 3.05) is 20.6 Å². The molecule has 2 bridgehead atoms. The van der Waals surface area contributed by atoms with E-state index in [0.29, 0.717) is 31.4 Å². The molecule has 0 saturated carbocycles. The lowest BCUT2D eigenvalue weighted by Crippen LogP contribution is -2.61. The third-order valence-electron chi connectivity index (χ3n) is 9.33. The summed E-state index contributed by atoms with van der Waals surface area (Å²) in [5.41, 5.74) is 1.89. The van der Waals surface area contributed by atoms with Crippen LogP contribution in [0.3, 0.4) is 0 Å². The summed E-state index contributed by atoms with van der Waals surface area (Å²) in [5.74, 6) is -1.16. The molecule has 2 aromatic carbocycles. The number of hydrogen-bond acceptors (Lipinski definition) is 6. The second-order valence-electron chi connectivity index (χ2n) is 12.7. The number of carbonyl (C=O) groups excluding carboxylic acids is 4. The van der Waals surface area contributed by atoms with E-state index in [4.69, 9.17) is 4.74 Å². The van der Waals surface area contributed by atoms with E-state index in [1.54, 1.807) is 12.3 Å². The van der Waals surface area contributed by atoms with Crippen molar-refractivity contribution in [3.63, 3.8) is 0 Å². The van der Waals surface area contributed by atoms with Crippen molar-refractivity contribution in [1.82, 2.24) is 25.8 Å². The fourth-order valence-electron chi connectivity index (χ4n) is 5.99. The molecule has 7 atom stereocenters. The van der Waals surface area contributed by atoms with Crippen molar-refractivity contribution in [2.24, 2.45) is 11.8 Å². The summed E-state index contributed by atoms with van der Waals surface area (Å²) in [5, 5.41) is 8.82. The highest BCUT2D eigenvalue weighted by Gasteiger charge is 2.47. The Balaban J connectivity index is 1.64. The van der Waals surface area contributed by atoms with E-state index in [2.05, 4.69) is 16.0 Å². The minimum atomic E-state index is -0.998. The number of benzene rings is 2. The van der Waals surface area contributed by atoms with Crippen LogP contribution in [0.15, 0.2) is 60.8 Å². The Morgan fingerprint density at radius 3 is 2.33 bits per heavy atom. The molecule has 0 unspecified atom stereocenters. The topological polar surface area (TPSA) is 120 Å². The zero-order chi connectivity index (χ0) is 33.4. The number of amides is 4. The summed E-state index contributed by atoms with van der Waals surface area (Å²) in [6.45, 7) is 8.04. The van der Waals surface area contributed by atoms with Crippen molar-refractivity contribution in [1.29, 1.82) is 0 Å². The monoisotopic (exact) mass is 631 g/mol. The molecular formula is C36H49N5O5. The normalized spacial score (nSPS) is 23.2. The van der Waals surface area contributed by atoms with Crippen molar-refractivity contribution in [2.45, 2.75) is 83.6 Å². The van der Waals surface area contributed by atoms with Crippen molar-refractivity contribution >= 4 is 29.7 Å². The first-order chi connectivity index (χ1) is 22.0. The molecule has 4 amide bonds. The summed E-state index contributed by atoms with van der Waals surface area (Å²) in [6.07, 6.45) is 4.91. The summed E-state index contributed by atoms with van der Waals surface area (Å²) < 4.78 is 6.35. The lowest BCUT2D eigenvalue weighted by Gasteiger charge is -2.35. The largest absolute Gasteiger partial charge is 0.488 e. The average Bonchev–Trinajstić information content (AvgIpc) is 3.48. The molecule has 1 fully saturated rings. The van der Waals surface area contributed by atoms with Crippen LogP contribution in [0.2, 0.25) is 0 Å². The Morgan fingerprint density at radius 1 is 1.00 bits per heavy atom. The zero-order valence-corrected chi connectivity index (χ0v) is 27.9. The number of hydrogen-bond donors (Lipinski definition) is 3. The second-order valence-corrected chi connectivity index (χ2v) is 12.7. The van der Waals surface area contributed by atoms with Crippen LogP contribution in [-0.4, -0.2) is 84.3 Å². The van der Waals surface area contributed by atoms with E-state index in [1.807, 2.05) is 101 Å². The molecule has 2 aromatic rings. The molecule has 3 aliphatic rings. The van der Waals surface area contributed by atoms with Crippen LogP contribution in [0.1, 0.15) is 58.1 Å². The molecule has 0 spiro atoms. The Labute approximate surface area is 272 Å². The lowest BCUT2D eigenvalue weighted by atomic mass is 9.95. The van der Waals surface area contributed by atoms with Gasteiger partial charge in [0, 0.05) is 19.2 Å². The fourth-order valence-corrected chi connectivity index (χ4v) is 5.99. The van der Waals surface area contributed by atoms with Gasteiger partial charge in [0.15, 0.2) is 0 Å². The standard InChI is InChI=1S/C36H49N5O5/c1-7-23(3)30-34(43)37-20-18-25-14-16-27(17-15-25)46-29-19-21-41(32(29)35(44)38-30)36(45)31(24(4)8-2)39-33(42)28(40(5)6)22-26-12-10-9-11-13-26/h9-18,20,23-24,28-32H,7-8,19,21-22H2,1-6H3,(H,37,43)(H,38,44)(H,39,42)/b20-18-/t23-,24+,28-,29+,30-,31+,32+/m0/s1. The summed E-state index contributed by atoms with van der Waals surface area (Å²) in [6, 6.07) is 14.0. The van der Waals surface area contributed by atoms with Crippen LogP contribution in [0, 0.1) is 11.8 Å². The first-order valence-electron chi connectivity index (χ1n) is 16.4. The van der Waals surface area contributed by atoms with Gasteiger partial charge in [0.05, 0.1) is 6.04 Å². The van der Waals surface area contributed by atoms with E-state index < -0.39 is 36.2 Å². The van der Waals surface area contributed by atoms with E-state index in [0.717, 1.165) is 11.1 Å². The maximum atomic E-state index is 14.4. The van der Waals surface area contributed by atoms with Gasteiger partial charge in [-0.25, -0.2) is 0 Å². The maximum absolute atomic E-state index is 14.4. The molecular weight excluding hydrogens is 582 g/mol. The molecule has 3 aliphatic heterocycles. The SMILES string of the molecule is CC[C@@H](C)[C@@H](NC(=O)[C@H](Cc1ccccc1)N(C)C)C(=O)N1CC[C@H]2Oc3ccc(cc3)/C=C\NC(=O)[C@H]([C@@H](C)CC)NC(=O)[C@@H]21.